The minimum Gasteiger partial charge on any atom is -0.383 e. The molecule has 4 N–H and O–H groups in total. The van der Waals surface area contributed by atoms with Crippen molar-refractivity contribution in [3.63, 3.8) is 0 Å². The zero-order valence-electron chi connectivity index (χ0n) is 12.6. The maximum Gasteiger partial charge on any atom is 0.259 e. The largest absolute Gasteiger partial charge is 0.383 e. The Hall–Kier alpha value is -2.82. The molecule has 2 heterocycles. The number of nitrogens with one attached hydrogen (secondary N) is 2. The van der Waals surface area contributed by atoms with Gasteiger partial charge < -0.3 is 16.0 Å². The van der Waals surface area contributed by atoms with Crippen molar-refractivity contribution < 1.29 is 4.79 Å². The minimum absolute atomic E-state index is 0.244. The van der Waals surface area contributed by atoms with Crippen molar-refractivity contribution in [1.29, 1.82) is 0 Å². The molecule has 5 nitrogen and oxygen atoms in total. The zero-order chi connectivity index (χ0) is 15.7. The summed E-state index contributed by atoms with van der Waals surface area (Å²) in [6.45, 7) is 4.01. The molecule has 0 aliphatic rings. The molecular weight excluding hydrogens is 276 g/mol. The molecule has 0 radical (unpaired) electrons. The van der Waals surface area contributed by atoms with E-state index >= 15 is 0 Å². The maximum absolute atomic E-state index is 12.4. The van der Waals surface area contributed by atoms with Crippen molar-refractivity contribution in [3.8, 4) is 0 Å². The fraction of sp³-hybridized carbons (Fsp3) is 0.176. The molecule has 0 bridgehead atoms. The van der Waals surface area contributed by atoms with Gasteiger partial charge in [0.25, 0.3) is 5.91 Å². The molecule has 2 aromatic heterocycles. The number of hydrogen-bond donors (Lipinski definition) is 3. The number of rotatable bonds is 3. The summed E-state index contributed by atoms with van der Waals surface area (Å²) >= 11 is 0. The number of hydrogen-bond acceptors (Lipinski definition) is 3. The highest BCUT2D eigenvalue weighted by Gasteiger charge is 2.12. The van der Waals surface area contributed by atoms with Crippen LogP contribution in [0.15, 0.2) is 36.5 Å². The number of amides is 1. The first kappa shape index (κ1) is 14.1. The van der Waals surface area contributed by atoms with Crippen LogP contribution in [-0.4, -0.2) is 15.9 Å². The number of fused-ring (bicyclic) bond motifs is 1. The van der Waals surface area contributed by atoms with Crippen molar-refractivity contribution >= 4 is 28.3 Å². The molecule has 5 heteroatoms. The molecule has 0 atom stereocenters. The first-order chi connectivity index (χ1) is 10.6. The summed E-state index contributed by atoms with van der Waals surface area (Å²) in [6, 6.07) is 9.57. The summed E-state index contributed by atoms with van der Waals surface area (Å²) in [6.07, 6.45) is 2.50. The monoisotopic (exact) mass is 294 g/mol. The van der Waals surface area contributed by atoms with E-state index in [-0.39, 0.29) is 11.7 Å². The van der Waals surface area contributed by atoms with E-state index < -0.39 is 0 Å². The van der Waals surface area contributed by atoms with E-state index in [9.17, 15) is 4.79 Å². The molecule has 0 spiro atoms. The molecule has 0 fully saturated rings. The molecular formula is C17H18N4O. The fourth-order valence-electron chi connectivity index (χ4n) is 2.45. The van der Waals surface area contributed by atoms with Gasteiger partial charge >= 0.3 is 0 Å². The number of anilines is 2. The molecule has 3 aromatic rings. The Morgan fingerprint density at radius 3 is 2.91 bits per heavy atom. The molecule has 0 aliphatic carbocycles. The van der Waals surface area contributed by atoms with Crippen LogP contribution in [0.5, 0.6) is 0 Å². The number of benzene rings is 1. The number of nitrogens with two attached hydrogens (primary N) is 1. The molecule has 0 aliphatic heterocycles. The normalized spacial score (nSPS) is 10.8. The summed E-state index contributed by atoms with van der Waals surface area (Å²) < 4.78 is 0. The average molecular weight is 294 g/mol. The highest BCUT2D eigenvalue weighted by Crippen LogP contribution is 2.21. The lowest BCUT2D eigenvalue weighted by atomic mass is 10.1. The SMILES string of the molecule is CCc1cnc(N)c(C(=O)Nc2ccc3[nH]c(C)cc3c2)c1. The van der Waals surface area contributed by atoms with Crippen LogP contribution in [0.2, 0.25) is 0 Å². The topological polar surface area (TPSA) is 83.8 Å². The summed E-state index contributed by atoms with van der Waals surface area (Å²) in [7, 11) is 0. The van der Waals surface area contributed by atoms with E-state index in [0.29, 0.717) is 5.56 Å². The number of aryl methyl sites for hydroxylation is 2. The molecule has 1 aromatic carbocycles. The first-order valence-corrected chi connectivity index (χ1v) is 7.22. The number of nitrogen functional groups attached to an aromatic ring is 1. The van der Waals surface area contributed by atoms with E-state index in [1.165, 1.54) is 0 Å². The van der Waals surface area contributed by atoms with Gasteiger partial charge in [0, 0.05) is 28.5 Å². The van der Waals surface area contributed by atoms with Crippen LogP contribution in [0.4, 0.5) is 11.5 Å². The minimum atomic E-state index is -0.244. The van der Waals surface area contributed by atoms with Crippen molar-refractivity contribution in [2.75, 3.05) is 11.1 Å². The molecule has 0 unspecified atom stereocenters. The molecule has 22 heavy (non-hydrogen) atoms. The van der Waals surface area contributed by atoms with E-state index in [0.717, 1.165) is 34.3 Å². The summed E-state index contributed by atoms with van der Waals surface area (Å²) in [4.78, 5) is 19.7. The smallest absolute Gasteiger partial charge is 0.259 e. The van der Waals surface area contributed by atoms with Crippen molar-refractivity contribution in [2.24, 2.45) is 0 Å². The van der Waals surface area contributed by atoms with Gasteiger partial charge in [0.15, 0.2) is 0 Å². The lowest BCUT2D eigenvalue weighted by molar-refractivity contribution is 0.102. The van der Waals surface area contributed by atoms with Gasteiger partial charge in [-0.25, -0.2) is 4.98 Å². The number of carbonyl (C=O) groups is 1. The third kappa shape index (κ3) is 2.65. The Morgan fingerprint density at radius 2 is 2.14 bits per heavy atom. The van der Waals surface area contributed by atoms with Gasteiger partial charge in [0.05, 0.1) is 5.56 Å². The molecule has 1 amide bonds. The Morgan fingerprint density at radius 1 is 1.32 bits per heavy atom. The van der Waals surface area contributed by atoms with Gasteiger partial charge in [-0.15, -0.1) is 0 Å². The number of pyridine rings is 1. The number of nitrogens with zero attached hydrogens (tertiary/aromatic N) is 1. The fourth-order valence-corrected chi connectivity index (χ4v) is 2.45. The summed E-state index contributed by atoms with van der Waals surface area (Å²) in [5.74, 6) is 0.000162. The highest BCUT2D eigenvalue weighted by molar-refractivity contribution is 6.07. The van der Waals surface area contributed by atoms with Crippen LogP contribution in [0.3, 0.4) is 0 Å². The van der Waals surface area contributed by atoms with Crippen LogP contribution in [0.1, 0.15) is 28.5 Å². The second kappa shape index (κ2) is 5.52. The Bertz CT molecular complexity index is 851. The number of aromatic nitrogens is 2. The van der Waals surface area contributed by atoms with Crippen molar-refractivity contribution in [3.05, 3.63) is 53.3 Å². The number of H-pyrrole nitrogens is 1. The van der Waals surface area contributed by atoms with Gasteiger partial charge in [-0.2, -0.15) is 0 Å². The first-order valence-electron chi connectivity index (χ1n) is 7.22. The lowest BCUT2D eigenvalue weighted by Gasteiger charge is -2.08. The maximum atomic E-state index is 12.4. The molecule has 0 saturated carbocycles. The van der Waals surface area contributed by atoms with Crippen molar-refractivity contribution in [2.45, 2.75) is 20.3 Å². The van der Waals surface area contributed by atoms with Crippen molar-refractivity contribution in [1.82, 2.24) is 9.97 Å². The summed E-state index contributed by atoms with van der Waals surface area (Å²) in [5, 5.41) is 3.94. The van der Waals surface area contributed by atoms with E-state index in [4.69, 9.17) is 5.73 Å². The Labute approximate surface area is 128 Å². The van der Waals surface area contributed by atoms with Crippen LogP contribution in [0.25, 0.3) is 10.9 Å². The molecule has 0 saturated heterocycles. The van der Waals surface area contributed by atoms with Crippen LogP contribution < -0.4 is 11.1 Å². The molecule has 112 valence electrons. The second-order valence-electron chi connectivity index (χ2n) is 5.34. The summed E-state index contributed by atoms with van der Waals surface area (Å²) in [5.41, 5.74) is 10.1. The second-order valence-corrected chi connectivity index (χ2v) is 5.34. The van der Waals surface area contributed by atoms with Crippen LogP contribution in [0, 0.1) is 6.92 Å². The van der Waals surface area contributed by atoms with Gasteiger partial charge in [-0.3, -0.25) is 4.79 Å². The Kier molecular flexibility index (Phi) is 3.55. The quantitative estimate of drug-likeness (QED) is 0.693. The average Bonchev–Trinajstić information content (AvgIpc) is 2.87. The number of aromatic amines is 1. The van der Waals surface area contributed by atoms with Gasteiger partial charge in [0.2, 0.25) is 0 Å². The number of carbonyl (C=O) groups excluding carboxylic acids is 1. The van der Waals surface area contributed by atoms with Gasteiger partial charge in [0.1, 0.15) is 5.82 Å². The van der Waals surface area contributed by atoms with E-state index in [1.807, 2.05) is 38.1 Å². The molecule has 3 rings (SSSR count). The highest BCUT2D eigenvalue weighted by atomic mass is 16.1. The lowest BCUT2D eigenvalue weighted by Crippen LogP contribution is -2.15. The van der Waals surface area contributed by atoms with E-state index in [1.54, 1.807) is 12.3 Å². The standard InChI is InChI=1S/C17H18N4O/c1-3-11-7-14(16(18)19-9-11)17(22)21-13-4-5-15-12(8-13)6-10(2)20-15/h4-9,20H,3H2,1-2H3,(H2,18,19)(H,21,22). The Balaban J connectivity index is 1.89. The predicted molar refractivity (Wildman–Crippen MR) is 89.0 cm³/mol. The zero-order valence-corrected chi connectivity index (χ0v) is 12.6. The third-order valence-electron chi connectivity index (χ3n) is 3.64. The van der Waals surface area contributed by atoms with E-state index in [2.05, 4.69) is 15.3 Å². The van der Waals surface area contributed by atoms with Crippen LogP contribution >= 0.6 is 0 Å². The third-order valence-corrected chi connectivity index (χ3v) is 3.64. The van der Waals surface area contributed by atoms with Gasteiger partial charge in [-0.1, -0.05) is 6.92 Å². The van der Waals surface area contributed by atoms with Gasteiger partial charge in [-0.05, 0) is 49.2 Å². The van der Waals surface area contributed by atoms with Crippen LogP contribution in [-0.2, 0) is 6.42 Å². The predicted octanol–water partition coefficient (Wildman–Crippen LogP) is 3.27.